The molecule has 2 saturated carbocycles. The van der Waals surface area contributed by atoms with E-state index >= 15 is 0 Å². The highest BCUT2D eigenvalue weighted by atomic mass is 16.6. The topological polar surface area (TPSA) is 57.3 Å². The van der Waals surface area contributed by atoms with Crippen molar-refractivity contribution in [1.29, 1.82) is 0 Å². The van der Waals surface area contributed by atoms with E-state index in [0.29, 0.717) is 36.2 Å². The molecule has 3 fully saturated rings. The zero-order chi connectivity index (χ0) is 23.9. The maximum Gasteiger partial charge on any atom is 0.169 e. The van der Waals surface area contributed by atoms with Crippen LogP contribution in [0, 0.1) is 22.7 Å². The van der Waals surface area contributed by atoms with Crippen LogP contribution in [0.1, 0.15) is 83.5 Å². The van der Waals surface area contributed by atoms with E-state index in [4.69, 9.17) is 18.9 Å². The van der Waals surface area contributed by atoms with Gasteiger partial charge in [-0.25, -0.2) is 0 Å². The summed E-state index contributed by atoms with van der Waals surface area (Å²) in [5.74, 6) is 1.77. The molecule has 184 valence electrons. The van der Waals surface area contributed by atoms with Crippen molar-refractivity contribution in [3.63, 3.8) is 0 Å². The molecule has 4 rings (SSSR count). The summed E-state index contributed by atoms with van der Waals surface area (Å²) in [7, 11) is 1.63. The van der Waals surface area contributed by atoms with Gasteiger partial charge in [0.05, 0.1) is 25.7 Å². The quantitative estimate of drug-likeness (QED) is 0.241. The fraction of sp³-hybridized carbons (Fsp3) is 0.750. The molecule has 33 heavy (non-hydrogen) atoms. The maximum absolute atomic E-state index is 14.2. The first-order valence-electron chi connectivity index (χ1n) is 12.8. The minimum atomic E-state index is -0.368. The van der Waals surface area contributed by atoms with Gasteiger partial charge < -0.3 is 18.9 Å². The van der Waals surface area contributed by atoms with Gasteiger partial charge in [0, 0.05) is 18.2 Å². The Kier molecular flexibility index (Phi) is 6.85. The van der Waals surface area contributed by atoms with Crippen molar-refractivity contribution in [2.75, 3.05) is 26.9 Å². The Balaban J connectivity index is 1.57. The monoisotopic (exact) mass is 458 g/mol. The summed E-state index contributed by atoms with van der Waals surface area (Å²) >= 11 is 0. The van der Waals surface area contributed by atoms with Crippen molar-refractivity contribution < 1.29 is 23.7 Å². The number of carbonyl (C=O) groups excluding carboxylic acids is 1. The third kappa shape index (κ3) is 4.55. The molecule has 0 bridgehead atoms. The van der Waals surface area contributed by atoms with Gasteiger partial charge in [-0.05, 0) is 61.5 Å². The molecule has 2 aliphatic carbocycles. The molecule has 1 aromatic rings. The Morgan fingerprint density at radius 3 is 2.55 bits per heavy atom. The molecule has 0 spiro atoms. The van der Waals surface area contributed by atoms with Crippen LogP contribution in [0.2, 0.25) is 0 Å². The normalized spacial score (nSPS) is 34.2. The van der Waals surface area contributed by atoms with E-state index in [9.17, 15) is 4.79 Å². The smallest absolute Gasteiger partial charge is 0.169 e. The van der Waals surface area contributed by atoms with Crippen molar-refractivity contribution in [2.45, 2.75) is 84.8 Å². The third-order valence-electron chi connectivity index (χ3n) is 8.74. The standard InChI is InChI=1S/C28H42O5/c1-7-8-12-31-13-14-32-21-16-19(15-20(17-21)30-6)24(29)25-27(4)11-9-10-26(2,3)22(27)18-23-28(25,5)33-23/h15-17,22-23,25H,7-14,18H2,1-6H3/t22-,23+,25+,27-,28+/m0/s1. The van der Waals surface area contributed by atoms with Gasteiger partial charge in [-0.1, -0.05) is 40.5 Å². The number of benzene rings is 1. The summed E-state index contributed by atoms with van der Waals surface area (Å²) in [6.07, 6.45) is 6.87. The molecular formula is C28H42O5. The second-order valence-electron chi connectivity index (χ2n) is 11.4. The lowest BCUT2D eigenvalue weighted by molar-refractivity contribution is -0.0642. The number of carbonyl (C=O) groups is 1. The summed E-state index contributed by atoms with van der Waals surface area (Å²) in [6.45, 7) is 13.1. The Morgan fingerprint density at radius 2 is 1.82 bits per heavy atom. The summed E-state index contributed by atoms with van der Waals surface area (Å²) in [5.41, 5.74) is 0.436. The summed E-state index contributed by atoms with van der Waals surface area (Å²) < 4.78 is 23.4. The molecule has 3 aliphatic rings. The molecule has 0 amide bonds. The van der Waals surface area contributed by atoms with Crippen LogP contribution in [0.25, 0.3) is 0 Å². The maximum atomic E-state index is 14.2. The molecule has 5 nitrogen and oxygen atoms in total. The number of epoxide rings is 1. The van der Waals surface area contributed by atoms with Gasteiger partial charge >= 0.3 is 0 Å². The molecule has 0 unspecified atom stereocenters. The molecule has 5 heteroatoms. The van der Waals surface area contributed by atoms with Crippen LogP contribution in [-0.2, 0) is 9.47 Å². The van der Waals surface area contributed by atoms with Crippen LogP contribution in [0.5, 0.6) is 11.5 Å². The predicted octanol–water partition coefficient (Wildman–Crippen LogP) is 6.08. The molecule has 5 atom stereocenters. The molecule has 1 aromatic carbocycles. The largest absolute Gasteiger partial charge is 0.497 e. The lowest BCUT2D eigenvalue weighted by atomic mass is 9.46. The predicted molar refractivity (Wildman–Crippen MR) is 129 cm³/mol. The zero-order valence-electron chi connectivity index (χ0n) is 21.4. The Hall–Kier alpha value is -1.59. The van der Waals surface area contributed by atoms with E-state index in [1.807, 2.05) is 18.2 Å². The third-order valence-corrected chi connectivity index (χ3v) is 8.74. The highest BCUT2D eigenvalue weighted by Crippen LogP contribution is 2.68. The van der Waals surface area contributed by atoms with Crippen molar-refractivity contribution in [3.8, 4) is 11.5 Å². The average molecular weight is 459 g/mol. The summed E-state index contributed by atoms with van der Waals surface area (Å²) in [5, 5.41) is 0. The van der Waals surface area contributed by atoms with Gasteiger partial charge in [-0.2, -0.15) is 0 Å². The number of rotatable bonds is 10. The van der Waals surface area contributed by atoms with E-state index in [-0.39, 0.29) is 34.2 Å². The van der Waals surface area contributed by atoms with E-state index in [0.717, 1.165) is 38.7 Å². The van der Waals surface area contributed by atoms with Crippen LogP contribution in [-0.4, -0.2) is 44.4 Å². The number of unbranched alkanes of at least 4 members (excludes halogenated alkanes) is 1. The van der Waals surface area contributed by atoms with Gasteiger partial charge in [0.2, 0.25) is 0 Å². The van der Waals surface area contributed by atoms with Crippen LogP contribution in [0.4, 0.5) is 0 Å². The molecule has 0 radical (unpaired) electrons. The minimum Gasteiger partial charge on any atom is -0.497 e. The minimum absolute atomic E-state index is 0.0716. The lowest BCUT2D eigenvalue weighted by Gasteiger charge is -2.57. The Labute approximate surface area is 199 Å². The summed E-state index contributed by atoms with van der Waals surface area (Å²) in [4.78, 5) is 14.2. The Morgan fingerprint density at radius 1 is 1.06 bits per heavy atom. The second-order valence-corrected chi connectivity index (χ2v) is 11.4. The number of Topliss-reactive ketones (excluding diaryl/α,β-unsaturated/α-hetero) is 1. The summed E-state index contributed by atoms with van der Waals surface area (Å²) in [6, 6.07) is 5.57. The van der Waals surface area contributed by atoms with Gasteiger partial charge in [0.1, 0.15) is 23.7 Å². The number of methoxy groups -OCH3 is 1. The SMILES string of the molecule is CCCCOCCOc1cc(OC)cc(C(=O)[C@@H]2[C@@]3(C)CCCC(C)(C)[C@@H]3C[C@H]3O[C@@]23C)c1. The van der Waals surface area contributed by atoms with E-state index in [1.165, 1.54) is 6.42 Å². The fourth-order valence-electron chi connectivity index (χ4n) is 6.99. The Bertz CT molecular complexity index is 864. The van der Waals surface area contributed by atoms with Crippen LogP contribution < -0.4 is 9.47 Å². The van der Waals surface area contributed by atoms with E-state index in [1.54, 1.807) is 7.11 Å². The molecule has 1 saturated heterocycles. The van der Waals surface area contributed by atoms with Crippen molar-refractivity contribution in [3.05, 3.63) is 23.8 Å². The first-order chi connectivity index (χ1) is 15.7. The molecule has 0 aromatic heterocycles. The van der Waals surface area contributed by atoms with Crippen LogP contribution >= 0.6 is 0 Å². The second kappa shape index (κ2) is 9.22. The first-order valence-corrected chi connectivity index (χ1v) is 12.8. The highest BCUT2D eigenvalue weighted by Gasteiger charge is 2.72. The van der Waals surface area contributed by atoms with Gasteiger partial charge in [0.25, 0.3) is 0 Å². The van der Waals surface area contributed by atoms with Crippen LogP contribution in [0.3, 0.4) is 0 Å². The number of ether oxygens (including phenoxy) is 4. The van der Waals surface area contributed by atoms with Crippen LogP contribution in [0.15, 0.2) is 18.2 Å². The average Bonchev–Trinajstić information content (AvgIpc) is 3.44. The number of hydrogen-bond donors (Lipinski definition) is 0. The number of fused-ring (bicyclic) bond motifs is 2. The zero-order valence-corrected chi connectivity index (χ0v) is 21.4. The van der Waals surface area contributed by atoms with Crippen molar-refractivity contribution in [2.24, 2.45) is 22.7 Å². The lowest BCUT2D eigenvalue weighted by Crippen LogP contribution is -2.56. The van der Waals surface area contributed by atoms with E-state index < -0.39 is 0 Å². The highest BCUT2D eigenvalue weighted by molar-refractivity contribution is 6.00. The molecule has 1 aliphatic heterocycles. The van der Waals surface area contributed by atoms with Gasteiger partial charge in [-0.3, -0.25) is 4.79 Å². The molecular weight excluding hydrogens is 416 g/mol. The van der Waals surface area contributed by atoms with Gasteiger partial charge in [0.15, 0.2) is 5.78 Å². The molecule has 0 N–H and O–H groups in total. The fourth-order valence-corrected chi connectivity index (χ4v) is 6.99. The first kappa shape index (κ1) is 24.5. The van der Waals surface area contributed by atoms with E-state index in [2.05, 4.69) is 34.6 Å². The van der Waals surface area contributed by atoms with Gasteiger partial charge in [-0.15, -0.1) is 0 Å². The molecule has 1 heterocycles. The van der Waals surface area contributed by atoms with Crippen molar-refractivity contribution in [1.82, 2.24) is 0 Å². The number of hydrogen-bond acceptors (Lipinski definition) is 5. The van der Waals surface area contributed by atoms with Crippen molar-refractivity contribution >= 4 is 5.78 Å². The number of ketones is 1.